The summed E-state index contributed by atoms with van der Waals surface area (Å²) in [5.41, 5.74) is 4.33. The summed E-state index contributed by atoms with van der Waals surface area (Å²) in [6.07, 6.45) is 1.72. The summed E-state index contributed by atoms with van der Waals surface area (Å²) in [5, 5.41) is 12.2. The summed E-state index contributed by atoms with van der Waals surface area (Å²) in [6, 6.07) is 14.4. The van der Waals surface area contributed by atoms with Crippen molar-refractivity contribution in [2.45, 2.75) is 11.8 Å². The van der Waals surface area contributed by atoms with E-state index in [4.69, 9.17) is 16.7 Å². The van der Waals surface area contributed by atoms with E-state index in [1.807, 2.05) is 25.1 Å². The van der Waals surface area contributed by atoms with Gasteiger partial charge in [0.2, 0.25) is 10.0 Å². The number of aryl methyl sites for hydroxylation is 1. The predicted octanol–water partition coefficient (Wildman–Crippen LogP) is 4.55. The van der Waals surface area contributed by atoms with E-state index in [9.17, 15) is 12.8 Å². The van der Waals surface area contributed by atoms with E-state index < -0.39 is 15.8 Å². The van der Waals surface area contributed by atoms with Crippen LogP contribution in [0.15, 0.2) is 65.7 Å². The molecular weight excluding hydrogens is 427 g/mol. The third kappa shape index (κ3) is 3.85. The average Bonchev–Trinajstić information content (AvgIpc) is 3.17. The molecule has 4 aromatic rings. The fourth-order valence-corrected chi connectivity index (χ4v) is 4.28. The van der Waals surface area contributed by atoms with Crippen molar-refractivity contribution in [3.05, 3.63) is 77.3 Å². The molecule has 3 N–H and O–H groups in total. The largest absolute Gasteiger partial charge is 0.284 e. The first-order valence-corrected chi connectivity index (χ1v) is 10.8. The van der Waals surface area contributed by atoms with Crippen molar-refractivity contribution < 1.29 is 12.8 Å². The second kappa shape index (κ2) is 7.64. The number of rotatable bonds is 4. The molecule has 4 rings (SSSR count). The van der Waals surface area contributed by atoms with Gasteiger partial charge in [-0.15, -0.1) is 0 Å². The van der Waals surface area contributed by atoms with Crippen molar-refractivity contribution in [3.63, 3.8) is 0 Å². The van der Waals surface area contributed by atoms with Gasteiger partial charge in [-0.3, -0.25) is 10.1 Å². The van der Waals surface area contributed by atoms with Crippen LogP contribution in [0.3, 0.4) is 0 Å². The van der Waals surface area contributed by atoms with Crippen molar-refractivity contribution >= 4 is 21.6 Å². The van der Waals surface area contributed by atoms with E-state index in [0.29, 0.717) is 22.5 Å². The number of primary sulfonamides is 1. The molecule has 2 aromatic heterocycles. The predicted molar refractivity (Wildman–Crippen MR) is 114 cm³/mol. The lowest BCUT2D eigenvalue weighted by atomic mass is 9.98. The molecule has 2 aromatic carbocycles. The monoisotopic (exact) mass is 442 g/mol. The quantitative estimate of drug-likeness (QED) is 0.483. The molecule has 0 aliphatic heterocycles. The highest BCUT2D eigenvalue weighted by Crippen LogP contribution is 2.35. The lowest BCUT2D eigenvalue weighted by Crippen LogP contribution is -2.12. The van der Waals surface area contributed by atoms with E-state index >= 15 is 0 Å². The average molecular weight is 443 g/mol. The number of benzene rings is 2. The van der Waals surface area contributed by atoms with Gasteiger partial charge >= 0.3 is 0 Å². The number of sulfonamides is 1. The number of nitrogens with two attached hydrogens (primary N) is 1. The van der Waals surface area contributed by atoms with Gasteiger partial charge in [-0.25, -0.2) is 17.9 Å². The van der Waals surface area contributed by atoms with E-state index in [-0.39, 0.29) is 15.5 Å². The third-order valence-electron chi connectivity index (χ3n) is 4.60. The highest BCUT2D eigenvalue weighted by Gasteiger charge is 2.17. The molecule has 2 heterocycles. The van der Waals surface area contributed by atoms with Crippen LogP contribution in [0.25, 0.3) is 33.6 Å². The maximum Gasteiger partial charge on any atom is 0.239 e. The standard InChI is InChI=1S/C21H16ClFN4O2S/c1-12-3-2-4-19(26-12)21-16(11-25-27-21)13-5-7-18(23)15(9-13)14-6-8-20(17(22)10-14)30(24,28)29/h2-11H,1H3,(H,25,27)(H2,24,28,29). The van der Waals surface area contributed by atoms with Gasteiger partial charge in [0.05, 0.1) is 10.7 Å². The van der Waals surface area contributed by atoms with Crippen LogP contribution in [0.1, 0.15) is 5.69 Å². The zero-order valence-electron chi connectivity index (χ0n) is 15.7. The van der Waals surface area contributed by atoms with Gasteiger partial charge in [0, 0.05) is 23.0 Å². The zero-order valence-corrected chi connectivity index (χ0v) is 17.3. The van der Waals surface area contributed by atoms with Gasteiger partial charge in [0.25, 0.3) is 0 Å². The number of aromatic nitrogens is 3. The summed E-state index contributed by atoms with van der Waals surface area (Å²) in [4.78, 5) is 4.29. The molecule has 0 saturated carbocycles. The minimum Gasteiger partial charge on any atom is -0.284 e. The molecule has 0 aliphatic carbocycles. The van der Waals surface area contributed by atoms with E-state index in [2.05, 4.69) is 15.2 Å². The van der Waals surface area contributed by atoms with Crippen molar-refractivity contribution in [3.8, 4) is 33.6 Å². The molecule has 0 unspecified atom stereocenters. The topological polar surface area (TPSA) is 102 Å². The number of H-pyrrole nitrogens is 1. The minimum atomic E-state index is -3.97. The Hall–Kier alpha value is -3.07. The van der Waals surface area contributed by atoms with Gasteiger partial charge in [-0.2, -0.15) is 5.10 Å². The highest BCUT2D eigenvalue weighted by molar-refractivity contribution is 7.89. The second-order valence-corrected chi connectivity index (χ2v) is 8.63. The smallest absolute Gasteiger partial charge is 0.239 e. The van der Waals surface area contributed by atoms with Crippen molar-refractivity contribution in [1.82, 2.24) is 15.2 Å². The van der Waals surface area contributed by atoms with Gasteiger partial charge in [-0.1, -0.05) is 29.8 Å². The van der Waals surface area contributed by atoms with Gasteiger partial charge in [-0.05, 0) is 54.4 Å². The minimum absolute atomic E-state index is 0.0761. The van der Waals surface area contributed by atoms with Gasteiger partial charge in [0.1, 0.15) is 16.4 Å². The van der Waals surface area contributed by atoms with Crippen LogP contribution in [0.2, 0.25) is 5.02 Å². The summed E-state index contributed by atoms with van der Waals surface area (Å²) < 4.78 is 37.8. The van der Waals surface area contributed by atoms with E-state index in [1.165, 1.54) is 24.3 Å². The van der Waals surface area contributed by atoms with Crippen LogP contribution in [0, 0.1) is 12.7 Å². The number of pyridine rings is 1. The Bertz CT molecular complexity index is 1370. The molecule has 9 heteroatoms. The maximum atomic E-state index is 14.6. The first-order chi connectivity index (χ1) is 14.2. The Morgan fingerprint density at radius 3 is 2.47 bits per heavy atom. The van der Waals surface area contributed by atoms with Crippen LogP contribution in [-0.2, 0) is 10.0 Å². The molecule has 152 valence electrons. The molecule has 0 spiro atoms. The molecule has 0 fully saturated rings. The molecule has 0 aliphatic rings. The molecule has 6 nitrogen and oxygen atoms in total. The van der Waals surface area contributed by atoms with Crippen LogP contribution in [0.4, 0.5) is 4.39 Å². The Kier molecular flexibility index (Phi) is 5.15. The Balaban J connectivity index is 1.82. The molecular formula is C21H16ClFN4O2S. The third-order valence-corrected chi connectivity index (χ3v) is 5.99. The number of hydrogen-bond donors (Lipinski definition) is 2. The molecule has 30 heavy (non-hydrogen) atoms. The van der Waals surface area contributed by atoms with E-state index in [1.54, 1.807) is 18.3 Å². The maximum absolute atomic E-state index is 14.6. The first kappa shape index (κ1) is 20.2. The van der Waals surface area contributed by atoms with Crippen LogP contribution in [-0.4, -0.2) is 23.6 Å². The molecule has 0 radical (unpaired) electrons. The normalized spacial score (nSPS) is 11.6. The Labute approximate surface area is 177 Å². The van der Waals surface area contributed by atoms with Crippen molar-refractivity contribution in [2.75, 3.05) is 0 Å². The van der Waals surface area contributed by atoms with Gasteiger partial charge < -0.3 is 0 Å². The second-order valence-electron chi connectivity index (χ2n) is 6.70. The summed E-state index contributed by atoms with van der Waals surface area (Å²) >= 11 is 6.07. The first-order valence-electron chi connectivity index (χ1n) is 8.84. The Morgan fingerprint density at radius 1 is 1.03 bits per heavy atom. The SMILES string of the molecule is Cc1cccc(-c2n[nH]cc2-c2ccc(F)c(-c3ccc(S(N)(=O)=O)c(Cl)c3)c2)n1. The lowest BCUT2D eigenvalue weighted by molar-refractivity contribution is 0.598. The van der Waals surface area contributed by atoms with Crippen molar-refractivity contribution in [1.29, 1.82) is 0 Å². The lowest BCUT2D eigenvalue weighted by Gasteiger charge is -2.10. The Morgan fingerprint density at radius 2 is 1.77 bits per heavy atom. The summed E-state index contributed by atoms with van der Waals surface area (Å²) in [7, 11) is -3.97. The number of nitrogens with zero attached hydrogens (tertiary/aromatic N) is 2. The summed E-state index contributed by atoms with van der Waals surface area (Å²) in [5.74, 6) is -0.475. The highest BCUT2D eigenvalue weighted by atomic mass is 35.5. The molecule has 0 atom stereocenters. The van der Waals surface area contributed by atoms with Gasteiger partial charge in [0.15, 0.2) is 0 Å². The molecule has 0 bridgehead atoms. The van der Waals surface area contributed by atoms with Crippen LogP contribution >= 0.6 is 11.6 Å². The molecule has 0 saturated heterocycles. The fourth-order valence-electron chi connectivity index (χ4n) is 3.19. The van der Waals surface area contributed by atoms with Crippen LogP contribution < -0.4 is 5.14 Å². The van der Waals surface area contributed by atoms with Crippen LogP contribution in [0.5, 0.6) is 0 Å². The zero-order chi connectivity index (χ0) is 21.5. The van der Waals surface area contributed by atoms with Crippen molar-refractivity contribution in [2.24, 2.45) is 5.14 Å². The molecule has 0 amide bonds. The number of nitrogens with one attached hydrogen (secondary N) is 1. The fraction of sp³-hybridized carbons (Fsp3) is 0.0476. The summed E-state index contributed by atoms with van der Waals surface area (Å²) in [6.45, 7) is 1.89. The number of halogens is 2. The number of hydrogen-bond acceptors (Lipinski definition) is 4. The van der Waals surface area contributed by atoms with E-state index in [0.717, 1.165) is 11.3 Å². The number of aromatic amines is 1.